The van der Waals surface area contributed by atoms with Crippen molar-refractivity contribution in [2.45, 2.75) is 19.3 Å². The molecule has 5 heteroatoms. The quantitative estimate of drug-likeness (QED) is 0.615. The molecule has 18 heavy (non-hydrogen) atoms. The molecule has 1 N–H and O–H groups in total. The highest BCUT2D eigenvalue weighted by molar-refractivity contribution is 6.05. The van der Waals surface area contributed by atoms with Gasteiger partial charge in [0.05, 0.1) is 7.11 Å². The van der Waals surface area contributed by atoms with E-state index in [0.717, 1.165) is 5.69 Å². The smallest absolute Gasteiger partial charge is 0.321 e. The van der Waals surface area contributed by atoms with Gasteiger partial charge < -0.3 is 10.1 Å². The number of nitrogens with zero attached hydrogens (tertiary/aromatic N) is 1. The lowest BCUT2D eigenvalue weighted by Gasteiger charge is -2.12. The number of hydrogen-bond acceptors (Lipinski definition) is 4. The van der Waals surface area contributed by atoms with Crippen molar-refractivity contribution in [1.82, 2.24) is 10.3 Å². The van der Waals surface area contributed by atoms with Gasteiger partial charge in [0.15, 0.2) is 0 Å². The fraction of sp³-hybridized carbons (Fsp3) is 0.462. The lowest BCUT2D eigenvalue weighted by Crippen LogP contribution is -2.38. The predicted molar refractivity (Wildman–Crippen MR) is 64.6 cm³/mol. The Bertz CT molecular complexity index is 441. The second-order valence-corrected chi connectivity index (χ2v) is 4.40. The zero-order valence-corrected chi connectivity index (χ0v) is 10.3. The maximum Gasteiger partial charge on any atom is 0.321 e. The van der Waals surface area contributed by atoms with E-state index < -0.39 is 11.4 Å². The van der Waals surface area contributed by atoms with Crippen LogP contribution >= 0.6 is 0 Å². The van der Waals surface area contributed by atoms with Crippen molar-refractivity contribution >= 4 is 11.9 Å². The van der Waals surface area contributed by atoms with Crippen LogP contribution in [0.3, 0.4) is 0 Å². The number of nitrogens with one attached hydrogen (secondary N) is 1. The van der Waals surface area contributed by atoms with E-state index in [2.05, 4.69) is 15.0 Å². The van der Waals surface area contributed by atoms with Gasteiger partial charge in [-0.25, -0.2) is 0 Å². The Hall–Kier alpha value is -1.91. The van der Waals surface area contributed by atoms with Gasteiger partial charge in [-0.3, -0.25) is 14.6 Å². The summed E-state index contributed by atoms with van der Waals surface area (Å²) in [6.07, 6.45) is 3.53. The van der Waals surface area contributed by atoms with Crippen LogP contribution in [0.5, 0.6) is 0 Å². The first-order valence-electron chi connectivity index (χ1n) is 5.96. The maximum absolute atomic E-state index is 11.9. The summed E-state index contributed by atoms with van der Waals surface area (Å²) in [4.78, 5) is 27.5. The van der Waals surface area contributed by atoms with Crippen molar-refractivity contribution in [3.63, 3.8) is 0 Å². The van der Waals surface area contributed by atoms with E-state index >= 15 is 0 Å². The summed E-state index contributed by atoms with van der Waals surface area (Å²) in [6.45, 7) is 0.481. The van der Waals surface area contributed by atoms with Crippen molar-refractivity contribution in [3.05, 3.63) is 30.1 Å². The number of rotatable bonds is 5. The monoisotopic (exact) mass is 248 g/mol. The minimum Gasteiger partial charge on any atom is -0.468 e. The number of hydrogen-bond donors (Lipinski definition) is 1. The summed E-state index contributed by atoms with van der Waals surface area (Å²) >= 11 is 0. The van der Waals surface area contributed by atoms with E-state index in [1.807, 2.05) is 18.2 Å². The number of pyridine rings is 1. The molecule has 0 aliphatic heterocycles. The van der Waals surface area contributed by atoms with Crippen LogP contribution in [0.25, 0.3) is 0 Å². The number of methoxy groups -OCH3 is 1. The Kier molecular flexibility index (Phi) is 3.60. The molecular formula is C13H16N2O3. The topological polar surface area (TPSA) is 68.3 Å². The van der Waals surface area contributed by atoms with Crippen molar-refractivity contribution in [2.24, 2.45) is 5.41 Å². The molecule has 0 radical (unpaired) electrons. The van der Waals surface area contributed by atoms with E-state index in [1.54, 1.807) is 6.20 Å². The molecule has 1 aromatic rings. The number of ether oxygens (including phenoxy) is 1. The SMILES string of the molecule is COC(=O)C1(C(=O)NCCc2ccccn2)CC1. The van der Waals surface area contributed by atoms with Crippen LogP contribution in [0.4, 0.5) is 0 Å². The van der Waals surface area contributed by atoms with Crippen molar-refractivity contribution in [3.8, 4) is 0 Å². The lowest BCUT2D eigenvalue weighted by molar-refractivity contribution is -0.152. The molecule has 0 saturated heterocycles. The van der Waals surface area contributed by atoms with Crippen LogP contribution in [0.1, 0.15) is 18.5 Å². The van der Waals surface area contributed by atoms with Crippen LogP contribution in [0.15, 0.2) is 24.4 Å². The first-order valence-corrected chi connectivity index (χ1v) is 5.96. The van der Waals surface area contributed by atoms with Crippen molar-refractivity contribution in [2.75, 3.05) is 13.7 Å². The number of carbonyl (C=O) groups excluding carboxylic acids is 2. The molecule has 0 spiro atoms. The first-order chi connectivity index (χ1) is 8.69. The molecular weight excluding hydrogens is 232 g/mol. The van der Waals surface area contributed by atoms with Gasteiger partial charge >= 0.3 is 5.97 Å². The van der Waals surface area contributed by atoms with Gasteiger partial charge in [-0.15, -0.1) is 0 Å². The van der Waals surface area contributed by atoms with Crippen LogP contribution in [0, 0.1) is 5.41 Å². The second-order valence-electron chi connectivity index (χ2n) is 4.40. The van der Waals surface area contributed by atoms with E-state index in [9.17, 15) is 9.59 Å². The molecule has 1 fully saturated rings. The molecule has 1 heterocycles. The van der Waals surface area contributed by atoms with Gasteiger partial charge in [0.25, 0.3) is 0 Å². The summed E-state index contributed by atoms with van der Waals surface area (Å²) < 4.78 is 4.65. The first kappa shape index (κ1) is 12.5. The standard InChI is InChI=1S/C13H16N2O3/c1-18-12(17)13(6-7-13)11(16)15-9-5-10-4-2-3-8-14-10/h2-4,8H,5-7,9H2,1H3,(H,15,16). The molecule has 1 aliphatic carbocycles. The van der Waals surface area contributed by atoms with Crippen LogP contribution in [-0.2, 0) is 20.7 Å². The Labute approximate surface area is 106 Å². The zero-order chi connectivity index (χ0) is 13.0. The van der Waals surface area contributed by atoms with Crippen LogP contribution in [-0.4, -0.2) is 30.5 Å². The van der Waals surface area contributed by atoms with Crippen molar-refractivity contribution in [1.29, 1.82) is 0 Å². The third-order valence-corrected chi connectivity index (χ3v) is 3.15. The largest absolute Gasteiger partial charge is 0.468 e. The molecule has 0 unspecified atom stereocenters. The minimum atomic E-state index is -0.918. The highest BCUT2D eigenvalue weighted by atomic mass is 16.5. The molecule has 2 rings (SSSR count). The number of amides is 1. The van der Waals surface area contributed by atoms with E-state index in [-0.39, 0.29) is 5.91 Å². The molecule has 5 nitrogen and oxygen atoms in total. The Balaban J connectivity index is 1.81. The molecule has 0 bridgehead atoms. The number of esters is 1. The summed E-state index contributed by atoms with van der Waals surface area (Å²) in [5, 5.41) is 2.77. The molecule has 0 atom stereocenters. The summed E-state index contributed by atoms with van der Waals surface area (Å²) in [7, 11) is 1.31. The molecule has 1 aliphatic rings. The fourth-order valence-electron chi connectivity index (χ4n) is 1.86. The second kappa shape index (κ2) is 5.16. The lowest BCUT2D eigenvalue weighted by atomic mass is 10.1. The van der Waals surface area contributed by atoms with Gasteiger partial charge in [0.2, 0.25) is 5.91 Å². The number of aromatic nitrogens is 1. The third kappa shape index (κ3) is 2.50. The van der Waals surface area contributed by atoms with E-state index in [4.69, 9.17) is 0 Å². The molecule has 96 valence electrons. The van der Waals surface area contributed by atoms with Crippen molar-refractivity contribution < 1.29 is 14.3 Å². The Morgan fingerprint density at radius 2 is 2.22 bits per heavy atom. The maximum atomic E-state index is 11.9. The molecule has 1 saturated carbocycles. The third-order valence-electron chi connectivity index (χ3n) is 3.15. The number of carbonyl (C=O) groups is 2. The van der Waals surface area contributed by atoms with Crippen LogP contribution in [0.2, 0.25) is 0 Å². The Morgan fingerprint density at radius 1 is 1.44 bits per heavy atom. The zero-order valence-electron chi connectivity index (χ0n) is 10.3. The normalized spacial score (nSPS) is 15.8. The van der Waals surface area contributed by atoms with Gasteiger partial charge in [-0.05, 0) is 25.0 Å². The summed E-state index contributed by atoms with van der Waals surface area (Å²) in [6, 6.07) is 5.65. The highest BCUT2D eigenvalue weighted by Gasteiger charge is 2.57. The van der Waals surface area contributed by atoms with E-state index in [0.29, 0.717) is 25.8 Å². The Morgan fingerprint density at radius 3 is 2.78 bits per heavy atom. The molecule has 1 aromatic heterocycles. The van der Waals surface area contributed by atoms with E-state index in [1.165, 1.54) is 7.11 Å². The van der Waals surface area contributed by atoms with Crippen LogP contribution < -0.4 is 5.32 Å². The van der Waals surface area contributed by atoms with Gasteiger partial charge in [-0.1, -0.05) is 6.07 Å². The average molecular weight is 248 g/mol. The summed E-state index contributed by atoms with van der Waals surface area (Å²) in [5.74, 6) is -0.664. The fourth-order valence-corrected chi connectivity index (χ4v) is 1.86. The van der Waals surface area contributed by atoms with Gasteiger partial charge in [-0.2, -0.15) is 0 Å². The molecule has 1 amide bonds. The highest BCUT2D eigenvalue weighted by Crippen LogP contribution is 2.46. The predicted octanol–water partition coefficient (Wildman–Crippen LogP) is 0.693. The summed E-state index contributed by atoms with van der Waals surface area (Å²) in [5.41, 5.74) is -0.000463. The van der Waals surface area contributed by atoms with Gasteiger partial charge in [0.1, 0.15) is 5.41 Å². The average Bonchev–Trinajstić information content (AvgIpc) is 3.20. The minimum absolute atomic E-state index is 0.231. The molecule has 0 aromatic carbocycles. The van der Waals surface area contributed by atoms with Gasteiger partial charge in [0, 0.05) is 24.9 Å².